The molecular weight excluding hydrogens is 318 g/mol. The van der Waals surface area contributed by atoms with E-state index in [9.17, 15) is 9.90 Å². The zero-order chi connectivity index (χ0) is 18.2. The molecule has 6 heteroatoms. The van der Waals surface area contributed by atoms with Gasteiger partial charge in [-0.05, 0) is 43.7 Å². The third kappa shape index (κ3) is 4.73. The highest BCUT2D eigenvalue weighted by Gasteiger charge is 2.11. The van der Waals surface area contributed by atoms with Crippen molar-refractivity contribution in [2.75, 3.05) is 25.1 Å². The number of nitrogens with zero attached hydrogens (tertiary/aromatic N) is 2. The number of aromatic hydroxyl groups is 1. The van der Waals surface area contributed by atoms with E-state index in [-0.39, 0.29) is 11.3 Å². The van der Waals surface area contributed by atoms with Gasteiger partial charge in [0.1, 0.15) is 11.5 Å². The highest BCUT2D eigenvalue weighted by Crippen LogP contribution is 2.23. The van der Waals surface area contributed by atoms with Crippen LogP contribution in [0.1, 0.15) is 29.8 Å². The monoisotopic (exact) mass is 341 g/mol. The average Bonchev–Trinajstić information content (AvgIpc) is 2.63. The number of carbonyl (C=O) groups is 1. The van der Waals surface area contributed by atoms with Gasteiger partial charge in [0.15, 0.2) is 0 Å². The number of rotatable bonds is 7. The molecule has 0 aliphatic carbocycles. The van der Waals surface area contributed by atoms with Crippen molar-refractivity contribution in [3.63, 3.8) is 0 Å². The van der Waals surface area contributed by atoms with Crippen molar-refractivity contribution in [1.82, 2.24) is 5.43 Å². The maximum Gasteiger partial charge on any atom is 0.275 e. The molecule has 2 rings (SSSR count). The molecule has 0 fully saturated rings. The molecule has 0 bridgehead atoms. The number of hydrogen-bond acceptors (Lipinski definition) is 5. The molecule has 0 saturated carbocycles. The van der Waals surface area contributed by atoms with E-state index in [4.69, 9.17) is 4.74 Å². The van der Waals surface area contributed by atoms with Gasteiger partial charge in [0, 0.05) is 24.8 Å². The van der Waals surface area contributed by atoms with Crippen LogP contribution in [0.15, 0.2) is 47.6 Å². The van der Waals surface area contributed by atoms with Crippen molar-refractivity contribution in [1.29, 1.82) is 0 Å². The average molecular weight is 341 g/mol. The van der Waals surface area contributed by atoms with Crippen LogP contribution in [0.5, 0.6) is 11.5 Å². The predicted octanol–water partition coefficient (Wildman–Crippen LogP) is 3.01. The normalized spacial score (nSPS) is 10.7. The lowest BCUT2D eigenvalue weighted by atomic mass is 10.2. The molecule has 0 radical (unpaired) electrons. The Hall–Kier alpha value is -3.02. The van der Waals surface area contributed by atoms with Crippen LogP contribution in [0.3, 0.4) is 0 Å². The third-order valence-corrected chi connectivity index (χ3v) is 3.85. The minimum Gasteiger partial charge on any atom is -0.507 e. The van der Waals surface area contributed by atoms with Gasteiger partial charge in [-0.25, -0.2) is 5.43 Å². The molecule has 0 aliphatic heterocycles. The zero-order valence-corrected chi connectivity index (χ0v) is 14.7. The number of phenols is 1. The summed E-state index contributed by atoms with van der Waals surface area (Å²) in [5.41, 5.74) is 4.56. The second-order valence-electron chi connectivity index (χ2n) is 5.35. The molecule has 2 aromatic rings. The molecule has 2 N–H and O–H groups in total. The molecule has 2 aromatic carbocycles. The summed E-state index contributed by atoms with van der Waals surface area (Å²) in [4.78, 5) is 14.3. The Labute approximate surface area is 147 Å². The van der Waals surface area contributed by atoms with Crippen LogP contribution in [-0.2, 0) is 0 Å². The van der Waals surface area contributed by atoms with Gasteiger partial charge in [0.05, 0.1) is 18.9 Å². The Bertz CT molecular complexity index is 738. The van der Waals surface area contributed by atoms with Gasteiger partial charge in [-0.2, -0.15) is 5.10 Å². The first-order valence-electron chi connectivity index (χ1n) is 8.14. The molecule has 0 heterocycles. The molecule has 0 aliphatic rings. The second-order valence-corrected chi connectivity index (χ2v) is 5.35. The van der Waals surface area contributed by atoms with Gasteiger partial charge in [-0.1, -0.05) is 12.1 Å². The Morgan fingerprint density at radius 2 is 1.88 bits per heavy atom. The number of amides is 1. The minimum atomic E-state index is -0.490. The Morgan fingerprint density at radius 3 is 2.44 bits per heavy atom. The van der Waals surface area contributed by atoms with Gasteiger partial charge in [-0.15, -0.1) is 0 Å². The van der Waals surface area contributed by atoms with E-state index >= 15 is 0 Å². The largest absolute Gasteiger partial charge is 0.507 e. The molecule has 132 valence electrons. The third-order valence-electron chi connectivity index (χ3n) is 3.85. The van der Waals surface area contributed by atoms with Gasteiger partial charge in [0.25, 0.3) is 5.91 Å². The maximum absolute atomic E-state index is 12.0. The number of ether oxygens (including phenoxy) is 1. The first-order valence-corrected chi connectivity index (χ1v) is 8.14. The number of hydrogen-bond donors (Lipinski definition) is 2. The van der Waals surface area contributed by atoms with Crippen LogP contribution >= 0.6 is 0 Å². The summed E-state index contributed by atoms with van der Waals surface area (Å²) >= 11 is 0. The second kappa shape index (κ2) is 8.73. The van der Waals surface area contributed by atoms with E-state index in [1.165, 1.54) is 19.2 Å². The topological polar surface area (TPSA) is 74.2 Å². The lowest BCUT2D eigenvalue weighted by Gasteiger charge is -2.20. The van der Waals surface area contributed by atoms with Crippen LogP contribution in [0.4, 0.5) is 5.69 Å². The van der Waals surface area contributed by atoms with E-state index < -0.39 is 5.91 Å². The van der Waals surface area contributed by atoms with Crippen molar-refractivity contribution in [2.24, 2.45) is 5.10 Å². The van der Waals surface area contributed by atoms with Gasteiger partial charge in [0.2, 0.25) is 0 Å². The summed E-state index contributed by atoms with van der Waals surface area (Å²) in [6, 6.07) is 12.4. The molecule has 1 amide bonds. The summed E-state index contributed by atoms with van der Waals surface area (Å²) < 4.78 is 4.99. The highest BCUT2D eigenvalue weighted by molar-refractivity contribution is 5.97. The number of hydrazone groups is 1. The quantitative estimate of drug-likeness (QED) is 0.600. The zero-order valence-electron chi connectivity index (χ0n) is 14.7. The van der Waals surface area contributed by atoms with E-state index in [2.05, 4.69) is 29.3 Å². The highest BCUT2D eigenvalue weighted by atomic mass is 16.5. The molecule has 0 saturated heterocycles. The van der Waals surface area contributed by atoms with Crippen LogP contribution in [-0.4, -0.2) is 37.4 Å². The van der Waals surface area contributed by atoms with Crippen LogP contribution < -0.4 is 15.1 Å². The van der Waals surface area contributed by atoms with Crippen molar-refractivity contribution in [2.45, 2.75) is 13.8 Å². The van der Waals surface area contributed by atoms with Crippen molar-refractivity contribution < 1.29 is 14.6 Å². The summed E-state index contributed by atoms with van der Waals surface area (Å²) in [5, 5.41) is 13.8. The van der Waals surface area contributed by atoms with E-state index in [0.29, 0.717) is 5.75 Å². The molecule has 0 unspecified atom stereocenters. The number of methoxy groups -OCH3 is 1. The first-order chi connectivity index (χ1) is 12.1. The van der Waals surface area contributed by atoms with Crippen LogP contribution in [0.2, 0.25) is 0 Å². The fourth-order valence-electron chi connectivity index (χ4n) is 2.42. The molecule has 6 nitrogen and oxygen atoms in total. The molecule has 25 heavy (non-hydrogen) atoms. The summed E-state index contributed by atoms with van der Waals surface area (Å²) in [7, 11) is 1.49. The van der Waals surface area contributed by atoms with Crippen molar-refractivity contribution in [3.8, 4) is 11.5 Å². The lowest BCUT2D eigenvalue weighted by Crippen LogP contribution is -2.21. The van der Waals surface area contributed by atoms with Crippen molar-refractivity contribution >= 4 is 17.8 Å². The SMILES string of the molecule is CCN(CC)c1ccc(/C=N\NC(=O)c2ccc(OC)cc2O)cc1. The molecular formula is C19H23N3O3. The van der Waals surface area contributed by atoms with Crippen LogP contribution in [0, 0.1) is 0 Å². The van der Waals surface area contributed by atoms with Crippen molar-refractivity contribution in [3.05, 3.63) is 53.6 Å². The lowest BCUT2D eigenvalue weighted by molar-refractivity contribution is 0.0952. The standard InChI is InChI=1S/C19H23N3O3/c1-4-22(5-2)15-8-6-14(7-9-15)13-20-21-19(24)17-11-10-16(25-3)12-18(17)23/h6-13,23H,4-5H2,1-3H3,(H,21,24)/b20-13-. The van der Waals surface area contributed by atoms with Crippen LogP contribution in [0.25, 0.3) is 0 Å². The summed E-state index contributed by atoms with van der Waals surface area (Å²) in [6.45, 7) is 6.13. The number of phenolic OH excluding ortho intramolecular Hbond substituents is 1. The number of benzene rings is 2. The van der Waals surface area contributed by atoms with E-state index in [1.807, 2.05) is 24.3 Å². The smallest absolute Gasteiger partial charge is 0.275 e. The fourth-order valence-corrected chi connectivity index (χ4v) is 2.42. The Morgan fingerprint density at radius 1 is 1.20 bits per heavy atom. The van der Waals surface area contributed by atoms with E-state index in [1.54, 1.807) is 12.3 Å². The molecule has 0 spiro atoms. The number of nitrogens with one attached hydrogen (secondary N) is 1. The molecule has 0 atom stereocenters. The summed E-state index contributed by atoms with van der Waals surface area (Å²) in [5.74, 6) is -0.169. The predicted molar refractivity (Wildman–Crippen MR) is 99.7 cm³/mol. The number of carbonyl (C=O) groups excluding carboxylic acids is 1. The Balaban J connectivity index is 1.99. The van der Waals surface area contributed by atoms with Gasteiger partial charge in [-0.3, -0.25) is 4.79 Å². The number of anilines is 1. The Kier molecular flexibility index (Phi) is 6.39. The van der Waals surface area contributed by atoms with E-state index in [0.717, 1.165) is 24.3 Å². The summed E-state index contributed by atoms with van der Waals surface area (Å²) in [6.07, 6.45) is 1.56. The minimum absolute atomic E-state index is 0.134. The van der Waals surface area contributed by atoms with Gasteiger partial charge >= 0.3 is 0 Å². The van der Waals surface area contributed by atoms with Gasteiger partial charge < -0.3 is 14.7 Å². The fraction of sp³-hybridized carbons (Fsp3) is 0.263. The molecule has 0 aromatic heterocycles. The maximum atomic E-state index is 12.0. The first kappa shape index (κ1) is 18.3.